The number of carbonyl (C=O) groups is 2. The van der Waals surface area contributed by atoms with Gasteiger partial charge in [-0.25, -0.2) is 8.42 Å². The minimum Gasteiger partial charge on any atom is -0.497 e. The standard InChI is InChI=1S/C29H33Cl2N3O5S/c1-5-20(2)32-29(36)21(3)33(18-22-9-13-26(39-4)14-10-22)28(35)19-34(25-8-6-7-24(31)17-25)40(37,38)27-15-11-23(30)12-16-27/h6-17,20-21H,5,18-19H2,1-4H3,(H,32,36)/t20-,21-/m1/s1. The minimum absolute atomic E-state index is 0.0473. The van der Waals surface area contributed by atoms with Crippen LogP contribution in [0.5, 0.6) is 5.75 Å². The summed E-state index contributed by atoms with van der Waals surface area (Å²) in [6, 6.07) is 18.0. The summed E-state index contributed by atoms with van der Waals surface area (Å²) in [5.74, 6) is -0.267. The summed E-state index contributed by atoms with van der Waals surface area (Å²) in [6.45, 7) is 4.95. The molecule has 0 aliphatic heterocycles. The second-order valence-corrected chi connectivity index (χ2v) is 12.0. The smallest absolute Gasteiger partial charge is 0.264 e. The van der Waals surface area contributed by atoms with Crippen molar-refractivity contribution in [3.8, 4) is 5.75 Å². The normalized spacial score (nSPS) is 12.8. The molecule has 3 aromatic rings. The average molecular weight is 607 g/mol. The molecule has 0 spiro atoms. The lowest BCUT2D eigenvalue weighted by molar-refractivity contribution is -0.139. The summed E-state index contributed by atoms with van der Waals surface area (Å²) in [5, 5.41) is 3.58. The van der Waals surface area contributed by atoms with Gasteiger partial charge in [-0.1, -0.05) is 48.3 Å². The van der Waals surface area contributed by atoms with Gasteiger partial charge in [-0.2, -0.15) is 0 Å². The summed E-state index contributed by atoms with van der Waals surface area (Å²) in [7, 11) is -2.66. The topological polar surface area (TPSA) is 96.0 Å². The minimum atomic E-state index is -4.22. The van der Waals surface area contributed by atoms with Gasteiger partial charge in [0.1, 0.15) is 18.3 Å². The highest BCUT2D eigenvalue weighted by molar-refractivity contribution is 7.92. The van der Waals surface area contributed by atoms with E-state index in [-0.39, 0.29) is 29.1 Å². The summed E-state index contributed by atoms with van der Waals surface area (Å²) < 4.78 is 33.8. The molecule has 3 aromatic carbocycles. The fraction of sp³-hybridized carbons (Fsp3) is 0.310. The fourth-order valence-electron chi connectivity index (χ4n) is 3.87. The highest BCUT2D eigenvalue weighted by atomic mass is 35.5. The lowest BCUT2D eigenvalue weighted by Gasteiger charge is -2.32. The molecule has 0 heterocycles. The third-order valence-corrected chi connectivity index (χ3v) is 8.73. The molecule has 0 aliphatic rings. The first-order chi connectivity index (χ1) is 19.0. The number of anilines is 1. The molecule has 11 heteroatoms. The molecule has 2 atom stereocenters. The molecular formula is C29H33Cl2N3O5S. The maximum absolute atomic E-state index is 13.9. The van der Waals surface area contributed by atoms with Crippen LogP contribution >= 0.6 is 23.2 Å². The number of nitrogens with zero attached hydrogens (tertiary/aromatic N) is 2. The van der Waals surface area contributed by atoms with Crippen LogP contribution in [0, 0.1) is 0 Å². The lowest BCUT2D eigenvalue weighted by atomic mass is 10.1. The third-order valence-electron chi connectivity index (χ3n) is 6.46. The van der Waals surface area contributed by atoms with Gasteiger partial charge in [-0.15, -0.1) is 0 Å². The molecule has 0 saturated heterocycles. The Morgan fingerprint density at radius 1 is 0.950 bits per heavy atom. The van der Waals surface area contributed by atoms with Gasteiger partial charge < -0.3 is 15.0 Å². The van der Waals surface area contributed by atoms with Crippen LogP contribution in [-0.2, 0) is 26.2 Å². The second-order valence-electron chi connectivity index (χ2n) is 9.31. The molecule has 214 valence electrons. The first kappa shape index (κ1) is 31.3. The van der Waals surface area contributed by atoms with E-state index in [1.165, 1.54) is 35.2 Å². The van der Waals surface area contributed by atoms with E-state index < -0.39 is 28.5 Å². The monoisotopic (exact) mass is 605 g/mol. The van der Waals surface area contributed by atoms with Crippen molar-refractivity contribution in [2.24, 2.45) is 0 Å². The van der Waals surface area contributed by atoms with Crippen molar-refractivity contribution < 1.29 is 22.7 Å². The highest BCUT2D eigenvalue weighted by Gasteiger charge is 2.33. The number of halogens is 2. The number of hydrogen-bond acceptors (Lipinski definition) is 5. The fourth-order valence-corrected chi connectivity index (χ4v) is 5.59. The van der Waals surface area contributed by atoms with Crippen LogP contribution in [0.1, 0.15) is 32.8 Å². The van der Waals surface area contributed by atoms with Crippen LogP contribution in [0.2, 0.25) is 10.0 Å². The van der Waals surface area contributed by atoms with Gasteiger partial charge in [0.2, 0.25) is 11.8 Å². The maximum Gasteiger partial charge on any atom is 0.264 e. The molecule has 0 fully saturated rings. The number of sulfonamides is 1. The van der Waals surface area contributed by atoms with E-state index >= 15 is 0 Å². The van der Waals surface area contributed by atoms with Gasteiger partial charge in [-0.05, 0) is 80.4 Å². The Morgan fingerprint density at radius 2 is 1.60 bits per heavy atom. The van der Waals surface area contributed by atoms with E-state index in [1.54, 1.807) is 56.5 Å². The predicted molar refractivity (Wildman–Crippen MR) is 158 cm³/mol. The van der Waals surface area contributed by atoms with Crippen molar-refractivity contribution in [1.29, 1.82) is 0 Å². The molecule has 0 bridgehead atoms. The Labute approximate surface area is 245 Å². The van der Waals surface area contributed by atoms with Crippen molar-refractivity contribution >= 4 is 50.7 Å². The molecular weight excluding hydrogens is 573 g/mol. The van der Waals surface area contributed by atoms with E-state index in [4.69, 9.17) is 27.9 Å². The van der Waals surface area contributed by atoms with Gasteiger partial charge in [0.05, 0.1) is 17.7 Å². The van der Waals surface area contributed by atoms with E-state index in [0.29, 0.717) is 22.2 Å². The van der Waals surface area contributed by atoms with E-state index in [9.17, 15) is 18.0 Å². The Bertz CT molecular complexity index is 1420. The van der Waals surface area contributed by atoms with E-state index in [1.807, 2.05) is 13.8 Å². The summed E-state index contributed by atoms with van der Waals surface area (Å²) in [6.07, 6.45) is 0.715. The zero-order valence-corrected chi connectivity index (χ0v) is 25.1. The zero-order valence-electron chi connectivity index (χ0n) is 22.8. The number of nitrogens with one attached hydrogen (secondary N) is 1. The molecule has 0 aliphatic carbocycles. The van der Waals surface area contributed by atoms with Crippen molar-refractivity contribution in [2.75, 3.05) is 18.0 Å². The van der Waals surface area contributed by atoms with Crippen LogP contribution in [-0.4, -0.2) is 50.9 Å². The van der Waals surface area contributed by atoms with Crippen molar-refractivity contribution in [1.82, 2.24) is 10.2 Å². The van der Waals surface area contributed by atoms with E-state index in [2.05, 4.69) is 5.32 Å². The van der Waals surface area contributed by atoms with Crippen LogP contribution < -0.4 is 14.4 Å². The van der Waals surface area contributed by atoms with Crippen LogP contribution in [0.4, 0.5) is 5.69 Å². The molecule has 0 radical (unpaired) electrons. The second kappa shape index (κ2) is 13.9. The zero-order chi connectivity index (χ0) is 29.4. The van der Waals surface area contributed by atoms with Crippen molar-refractivity contribution in [3.63, 3.8) is 0 Å². The number of carbonyl (C=O) groups excluding carboxylic acids is 2. The molecule has 1 N–H and O–H groups in total. The number of rotatable bonds is 12. The third kappa shape index (κ3) is 7.90. The van der Waals surface area contributed by atoms with Crippen LogP contribution in [0.15, 0.2) is 77.7 Å². The summed E-state index contributed by atoms with van der Waals surface area (Å²) >= 11 is 12.2. The Morgan fingerprint density at radius 3 is 2.17 bits per heavy atom. The molecule has 0 unspecified atom stereocenters. The van der Waals surface area contributed by atoms with Crippen LogP contribution in [0.3, 0.4) is 0 Å². The molecule has 0 aromatic heterocycles. The van der Waals surface area contributed by atoms with Crippen LogP contribution in [0.25, 0.3) is 0 Å². The molecule has 3 rings (SSSR count). The lowest BCUT2D eigenvalue weighted by Crippen LogP contribution is -2.52. The number of ether oxygens (including phenoxy) is 1. The highest BCUT2D eigenvalue weighted by Crippen LogP contribution is 2.27. The summed E-state index contributed by atoms with van der Waals surface area (Å²) in [5.41, 5.74) is 0.948. The molecule has 40 heavy (non-hydrogen) atoms. The SMILES string of the molecule is CC[C@@H](C)NC(=O)[C@@H](C)N(Cc1ccc(OC)cc1)C(=O)CN(c1cccc(Cl)c1)S(=O)(=O)c1ccc(Cl)cc1. The number of benzene rings is 3. The number of methoxy groups -OCH3 is 1. The number of hydrogen-bond donors (Lipinski definition) is 1. The van der Waals surface area contributed by atoms with Crippen molar-refractivity contribution in [2.45, 2.75) is 50.7 Å². The maximum atomic E-state index is 13.9. The van der Waals surface area contributed by atoms with Gasteiger partial charge in [0, 0.05) is 22.6 Å². The summed E-state index contributed by atoms with van der Waals surface area (Å²) in [4.78, 5) is 28.4. The molecule has 8 nitrogen and oxygen atoms in total. The molecule has 2 amide bonds. The largest absolute Gasteiger partial charge is 0.497 e. The predicted octanol–water partition coefficient (Wildman–Crippen LogP) is 5.53. The molecule has 0 saturated carbocycles. The quantitative estimate of drug-likeness (QED) is 0.293. The number of amides is 2. The van der Waals surface area contributed by atoms with Gasteiger partial charge in [-0.3, -0.25) is 13.9 Å². The van der Waals surface area contributed by atoms with Gasteiger partial charge in [0.15, 0.2) is 0 Å². The first-order valence-corrected chi connectivity index (χ1v) is 14.9. The Balaban J connectivity index is 2.02. The average Bonchev–Trinajstić information content (AvgIpc) is 2.94. The Hall–Kier alpha value is -3.27. The van der Waals surface area contributed by atoms with Gasteiger partial charge >= 0.3 is 0 Å². The Kier molecular flexibility index (Phi) is 10.8. The van der Waals surface area contributed by atoms with Gasteiger partial charge in [0.25, 0.3) is 10.0 Å². The van der Waals surface area contributed by atoms with E-state index in [0.717, 1.165) is 9.87 Å². The van der Waals surface area contributed by atoms with Crippen molar-refractivity contribution in [3.05, 3.63) is 88.4 Å². The first-order valence-electron chi connectivity index (χ1n) is 12.7.